The molecule has 0 saturated carbocycles. The number of nitrogens with one attached hydrogen (secondary N) is 1. The Labute approximate surface area is 160 Å². The normalized spacial score (nSPS) is 13.4. The van der Waals surface area contributed by atoms with E-state index in [9.17, 15) is 9.59 Å². The maximum atomic E-state index is 12.5. The second kappa shape index (κ2) is 8.30. The quantitative estimate of drug-likeness (QED) is 0.655. The molecule has 1 aliphatic rings. The highest BCUT2D eigenvalue weighted by atomic mass is 32.2. The van der Waals surface area contributed by atoms with E-state index in [1.807, 2.05) is 11.5 Å². The lowest BCUT2D eigenvalue weighted by Gasteiger charge is -2.13. The van der Waals surface area contributed by atoms with Crippen molar-refractivity contribution in [1.29, 1.82) is 0 Å². The monoisotopic (exact) mass is 391 g/mol. The molecule has 3 N–H and O–H groups in total. The number of ether oxygens (including phenoxy) is 2. The van der Waals surface area contributed by atoms with Gasteiger partial charge in [0.25, 0.3) is 0 Å². The molecule has 0 fully saturated rings. The summed E-state index contributed by atoms with van der Waals surface area (Å²) in [5.74, 6) is 1.41. The number of amides is 2. The van der Waals surface area contributed by atoms with Crippen LogP contribution in [0.5, 0.6) is 11.5 Å². The van der Waals surface area contributed by atoms with E-state index in [4.69, 9.17) is 15.2 Å². The largest absolute Gasteiger partial charge is 0.454 e. The summed E-state index contributed by atoms with van der Waals surface area (Å²) in [6.07, 6.45) is 0.636. The zero-order valence-electron chi connectivity index (χ0n) is 15.1. The van der Waals surface area contributed by atoms with Gasteiger partial charge in [-0.15, -0.1) is 10.2 Å². The smallest absolute Gasteiger partial charge is 0.237 e. The molecule has 10 heteroatoms. The first-order chi connectivity index (χ1) is 13.0. The molecule has 2 amide bonds. The lowest BCUT2D eigenvalue weighted by atomic mass is 10.2. The van der Waals surface area contributed by atoms with Crippen LogP contribution in [-0.2, 0) is 22.6 Å². The summed E-state index contributed by atoms with van der Waals surface area (Å²) in [5.41, 5.74) is 5.83. The Morgan fingerprint density at radius 3 is 2.85 bits per heavy atom. The summed E-state index contributed by atoms with van der Waals surface area (Å²) < 4.78 is 12.5. The van der Waals surface area contributed by atoms with Gasteiger partial charge >= 0.3 is 0 Å². The number of nitrogens with zero attached hydrogens (tertiary/aromatic N) is 3. The number of aromatic nitrogens is 3. The van der Waals surface area contributed by atoms with Crippen LogP contribution in [0.2, 0.25) is 0 Å². The molecule has 2 heterocycles. The average molecular weight is 391 g/mol. The lowest BCUT2D eigenvalue weighted by Crippen LogP contribution is -2.23. The Balaban J connectivity index is 1.63. The minimum atomic E-state index is -0.395. The van der Waals surface area contributed by atoms with E-state index in [0.717, 1.165) is 0 Å². The molecule has 2 aromatic rings. The highest BCUT2D eigenvalue weighted by molar-refractivity contribution is 8.00. The van der Waals surface area contributed by atoms with Gasteiger partial charge in [0.15, 0.2) is 16.7 Å². The second-order valence-corrected chi connectivity index (χ2v) is 7.23. The van der Waals surface area contributed by atoms with Crippen molar-refractivity contribution in [2.45, 2.75) is 43.6 Å². The Kier molecular flexibility index (Phi) is 5.84. The molecule has 0 bridgehead atoms. The number of hydrogen-bond acceptors (Lipinski definition) is 7. The second-order valence-electron chi connectivity index (χ2n) is 5.93. The highest BCUT2D eigenvalue weighted by Gasteiger charge is 2.21. The van der Waals surface area contributed by atoms with Crippen molar-refractivity contribution in [3.05, 3.63) is 24.0 Å². The van der Waals surface area contributed by atoms with Crippen LogP contribution in [-0.4, -0.2) is 38.6 Å². The molecule has 0 radical (unpaired) electrons. The molecule has 144 valence electrons. The first-order valence-corrected chi connectivity index (χ1v) is 9.43. The van der Waals surface area contributed by atoms with Gasteiger partial charge < -0.3 is 25.1 Å². The van der Waals surface area contributed by atoms with Crippen LogP contribution in [0, 0.1) is 0 Å². The number of carbonyl (C=O) groups is 2. The third-order valence-electron chi connectivity index (χ3n) is 4.00. The van der Waals surface area contributed by atoms with Gasteiger partial charge in [-0.2, -0.15) is 0 Å². The van der Waals surface area contributed by atoms with Gasteiger partial charge in [-0.1, -0.05) is 11.8 Å². The maximum Gasteiger partial charge on any atom is 0.237 e. The molecule has 0 aliphatic carbocycles. The molecule has 1 aromatic heterocycles. The van der Waals surface area contributed by atoms with Crippen LogP contribution >= 0.6 is 11.8 Å². The fourth-order valence-electron chi connectivity index (χ4n) is 2.57. The molecule has 1 aromatic carbocycles. The van der Waals surface area contributed by atoms with Gasteiger partial charge in [0.1, 0.15) is 5.82 Å². The number of aryl methyl sites for hydroxylation is 1. The predicted octanol–water partition coefficient (Wildman–Crippen LogP) is 1.56. The van der Waals surface area contributed by atoms with Gasteiger partial charge in [-0.3, -0.25) is 9.59 Å². The number of fused-ring (bicyclic) bond motifs is 1. The fourth-order valence-corrected chi connectivity index (χ4v) is 3.51. The Morgan fingerprint density at radius 2 is 2.11 bits per heavy atom. The van der Waals surface area contributed by atoms with E-state index < -0.39 is 5.25 Å². The molecule has 3 rings (SSSR count). The topological polar surface area (TPSA) is 121 Å². The third-order valence-corrected chi connectivity index (χ3v) is 5.08. The Morgan fingerprint density at radius 1 is 1.33 bits per heavy atom. The average Bonchev–Trinajstić information content (AvgIpc) is 3.25. The number of carbonyl (C=O) groups excluding carboxylic acids is 2. The first-order valence-electron chi connectivity index (χ1n) is 8.55. The van der Waals surface area contributed by atoms with Crippen molar-refractivity contribution < 1.29 is 19.1 Å². The SMILES string of the molecule is CCn1c(CCC(N)=O)nnc1S[C@H](C)C(=O)Nc1ccc2c(c1)OCO2. The molecule has 1 aliphatic heterocycles. The van der Waals surface area contributed by atoms with Gasteiger partial charge in [0.2, 0.25) is 18.6 Å². The van der Waals surface area contributed by atoms with E-state index in [1.165, 1.54) is 11.8 Å². The van der Waals surface area contributed by atoms with Crippen LogP contribution in [0.1, 0.15) is 26.1 Å². The van der Waals surface area contributed by atoms with E-state index in [1.54, 1.807) is 25.1 Å². The summed E-state index contributed by atoms with van der Waals surface area (Å²) in [6.45, 7) is 4.58. The van der Waals surface area contributed by atoms with E-state index in [-0.39, 0.29) is 25.0 Å². The molecule has 0 saturated heterocycles. The van der Waals surface area contributed by atoms with E-state index >= 15 is 0 Å². The minimum Gasteiger partial charge on any atom is -0.454 e. The number of thioether (sulfide) groups is 1. The molecular weight excluding hydrogens is 370 g/mol. The fraction of sp³-hybridized carbons (Fsp3) is 0.412. The van der Waals surface area contributed by atoms with Gasteiger partial charge in [-0.05, 0) is 26.0 Å². The van der Waals surface area contributed by atoms with Crippen LogP contribution in [0.15, 0.2) is 23.4 Å². The zero-order chi connectivity index (χ0) is 19.4. The first kappa shape index (κ1) is 19.0. The Hall–Kier alpha value is -2.75. The maximum absolute atomic E-state index is 12.5. The van der Waals surface area contributed by atoms with Crippen LogP contribution in [0.25, 0.3) is 0 Å². The van der Waals surface area contributed by atoms with Crippen molar-refractivity contribution in [2.75, 3.05) is 12.1 Å². The van der Waals surface area contributed by atoms with Crippen molar-refractivity contribution in [1.82, 2.24) is 14.8 Å². The van der Waals surface area contributed by atoms with Gasteiger partial charge in [-0.25, -0.2) is 0 Å². The number of nitrogens with two attached hydrogens (primary N) is 1. The highest BCUT2D eigenvalue weighted by Crippen LogP contribution is 2.34. The Bertz CT molecular complexity index is 854. The summed E-state index contributed by atoms with van der Waals surface area (Å²) in [6, 6.07) is 5.25. The summed E-state index contributed by atoms with van der Waals surface area (Å²) >= 11 is 1.31. The number of primary amides is 1. The molecule has 0 spiro atoms. The van der Waals surface area contributed by atoms with Crippen molar-refractivity contribution in [3.8, 4) is 11.5 Å². The minimum absolute atomic E-state index is 0.164. The number of benzene rings is 1. The van der Waals surface area contributed by atoms with E-state index in [2.05, 4.69) is 15.5 Å². The van der Waals surface area contributed by atoms with Crippen molar-refractivity contribution in [3.63, 3.8) is 0 Å². The van der Waals surface area contributed by atoms with Gasteiger partial charge in [0.05, 0.1) is 5.25 Å². The predicted molar refractivity (Wildman–Crippen MR) is 99.7 cm³/mol. The van der Waals surface area contributed by atoms with Crippen LogP contribution in [0.4, 0.5) is 5.69 Å². The standard InChI is InChI=1S/C17H21N5O4S/c1-3-22-15(7-6-14(18)23)20-21-17(22)27-10(2)16(24)19-11-4-5-12-13(8-11)26-9-25-12/h4-5,8,10H,3,6-7,9H2,1-2H3,(H2,18,23)(H,19,24)/t10-/m1/s1. The zero-order valence-corrected chi connectivity index (χ0v) is 15.9. The van der Waals surface area contributed by atoms with Crippen molar-refractivity contribution >= 4 is 29.3 Å². The van der Waals surface area contributed by atoms with Crippen LogP contribution < -0.4 is 20.5 Å². The third kappa shape index (κ3) is 4.51. The molecule has 0 unspecified atom stereocenters. The summed E-state index contributed by atoms with van der Waals surface area (Å²) in [5, 5.41) is 11.4. The molecular formula is C17H21N5O4S. The van der Waals surface area contributed by atoms with Crippen LogP contribution in [0.3, 0.4) is 0 Å². The number of rotatable bonds is 8. The van der Waals surface area contributed by atoms with Crippen molar-refractivity contribution in [2.24, 2.45) is 5.73 Å². The lowest BCUT2D eigenvalue weighted by molar-refractivity contribution is -0.118. The molecule has 1 atom stereocenters. The summed E-state index contributed by atoms with van der Waals surface area (Å²) in [4.78, 5) is 23.5. The molecule has 27 heavy (non-hydrogen) atoms. The number of hydrogen-bond donors (Lipinski definition) is 2. The summed E-state index contributed by atoms with van der Waals surface area (Å²) in [7, 11) is 0. The molecule has 9 nitrogen and oxygen atoms in total. The van der Waals surface area contributed by atoms with Gasteiger partial charge in [0, 0.05) is 31.1 Å². The van der Waals surface area contributed by atoms with E-state index in [0.29, 0.717) is 41.1 Å². The number of anilines is 1.